The van der Waals surface area contributed by atoms with E-state index in [9.17, 15) is 14.5 Å². The van der Waals surface area contributed by atoms with E-state index in [1.165, 1.54) is 12.1 Å². The van der Waals surface area contributed by atoms with Gasteiger partial charge in [0.1, 0.15) is 11.6 Å². The van der Waals surface area contributed by atoms with E-state index in [-0.39, 0.29) is 11.4 Å². The molecule has 2 rings (SSSR count). The molecule has 0 aromatic heterocycles. The first kappa shape index (κ1) is 13.8. The van der Waals surface area contributed by atoms with E-state index in [0.29, 0.717) is 18.7 Å². The van der Waals surface area contributed by atoms with Crippen LogP contribution in [0.2, 0.25) is 0 Å². The van der Waals surface area contributed by atoms with Crippen molar-refractivity contribution in [2.45, 2.75) is 6.42 Å². The van der Waals surface area contributed by atoms with Gasteiger partial charge in [0.15, 0.2) is 0 Å². The monoisotopic (exact) mass is 276 g/mol. The molecule has 6 heteroatoms. The van der Waals surface area contributed by atoms with Gasteiger partial charge in [-0.2, -0.15) is 0 Å². The van der Waals surface area contributed by atoms with Gasteiger partial charge in [-0.1, -0.05) is 12.1 Å². The van der Waals surface area contributed by atoms with E-state index in [0.717, 1.165) is 11.6 Å². The van der Waals surface area contributed by atoms with Crippen LogP contribution in [0, 0.1) is 15.9 Å². The van der Waals surface area contributed by atoms with Gasteiger partial charge in [-0.25, -0.2) is 4.39 Å². The van der Waals surface area contributed by atoms with Crippen LogP contribution in [-0.2, 0) is 6.42 Å². The number of hydrogen-bond acceptors (Lipinski definition) is 4. The number of nitrogens with one attached hydrogen (secondary N) is 1. The largest absolute Gasteiger partial charge is 0.508 e. The van der Waals surface area contributed by atoms with Crippen molar-refractivity contribution in [1.29, 1.82) is 0 Å². The number of nitrogens with zero attached hydrogens (tertiary/aromatic N) is 1. The van der Waals surface area contributed by atoms with Crippen LogP contribution in [-0.4, -0.2) is 16.6 Å². The quantitative estimate of drug-likeness (QED) is 0.650. The maximum absolute atomic E-state index is 13.2. The fourth-order valence-electron chi connectivity index (χ4n) is 1.80. The van der Waals surface area contributed by atoms with Gasteiger partial charge < -0.3 is 10.4 Å². The Morgan fingerprint density at radius 3 is 2.55 bits per heavy atom. The Bertz CT molecular complexity index is 614. The molecule has 2 aromatic carbocycles. The van der Waals surface area contributed by atoms with Crippen LogP contribution in [0.5, 0.6) is 5.75 Å². The maximum atomic E-state index is 13.2. The van der Waals surface area contributed by atoms with Gasteiger partial charge in [-0.3, -0.25) is 10.1 Å². The highest BCUT2D eigenvalue weighted by Gasteiger charge is 2.09. The predicted molar refractivity (Wildman–Crippen MR) is 73.4 cm³/mol. The first-order valence-electron chi connectivity index (χ1n) is 6.01. The van der Waals surface area contributed by atoms with Crippen LogP contribution >= 0.6 is 0 Å². The Labute approximate surface area is 114 Å². The lowest BCUT2D eigenvalue weighted by Gasteiger charge is -2.07. The summed E-state index contributed by atoms with van der Waals surface area (Å²) in [6.45, 7) is 0.505. The van der Waals surface area contributed by atoms with Crippen molar-refractivity contribution in [1.82, 2.24) is 0 Å². The molecule has 0 fully saturated rings. The minimum atomic E-state index is -0.647. The molecular formula is C14H13FN2O3. The molecule has 5 nitrogen and oxygen atoms in total. The Morgan fingerprint density at radius 1 is 1.20 bits per heavy atom. The van der Waals surface area contributed by atoms with Gasteiger partial charge in [0.25, 0.3) is 5.69 Å². The van der Waals surface area contributed by atoms with Crippen LogP contribution in [0.1, 0.15) is 5.56 Å². The number of phenols is 1. The topological polar surface area (TPSA) is 75.4 Å². The molecule has 0 amide bonds. The number of phenolic OH excluding ortho intramolecular Hbond substituents is 1. The lowest BCUT2D eigenvalue weighted by Crippen LogP contribution is -2.05. The van der Waals surface area contributed by atoms with Gasteiger partial charge in [0, 0.05) is 18.3 Å². The summed E-state index contributed by atoms with van der Waals surface area (Å²) < 4.78 is 13.2. The summed E-state index contributed by atoms with van der Waals surface area (Å²) in [5, 5.41) is 22.7. The van der Waals surface area contributed by atoms with E-state index >= 15 is 0 Å². The molecule has 0 saturated carbocycles. The highest BCUT2D eigenvalue weighted by molar-refractivity contribution is 5.51. The first-order valence-corrected chi connectivity index (χ1v) is 6.01. The second kappa shape index (κ2) is 6.01. The van der Waals surface area contributed by atoms with Crippen molar-refractivity contribution in [2.75, 3.05) is 11.9 Å². The fraction of sp³-hybridized carbons (Fsp3) is 0.143. The van der Waals surface area contributed by atoms with E-state index in [2.05, 4.69) is 5.32 Å². The zero-order valence-corrected chi connectivity index (χ0v) is 10.5. The molecule has 2 N–H and O–H groups in total. The van der Waals surface area contributed by atoms with Crippen molar-refractivity contribution in [2.24, 2.45) is 0 Å². The molecule has 0 unspecified atom stereocenters. The zero-order valence-electron chi connectivity index (χ0n) is 10.5. The average Bonchev–Trinajstić information content (AvgIpc) is 2.40. The third-order valence-electron chi connectivity index (χ3n) is 2.77. The number of nitro groups is 1. The average molecular weight is 276 g/mol. The molecule has 0 bridgehead atoms. The smallest absolute Gasteiger partial charge is 0.274 e. The number of nitro benzene ring substituents is 1. The summed E-state index contributed by atoms with van der Waals surface area (Å²) in [5.41, 5.74) is 1.09. The Kier molecular flexibility index (Phi) is 4.14. The SMILES string of the molecule is O=[N+]([O-])c1cc(F)cc(NCCc2ccc(O)cc2)c1. The third kappa shape index (κ3) is 3.68. The van der Waals surface area contributed by atoms with Crippen LogP contribution in [0.3, 0.4) is 0 Å². The molecule has 0 aliphatic rings. The third-order valence-corrected chi connectivity index (χ3v) is 2.77. The van der Waals surface area contributed by atoms with E-state index in [4.69, 9.17) is 5.11 Å². The standard InChI is InChI=1S/C14H13FN2O3/c15-11-7-12(9-13(8-11)17(19)20)16-6-5-10-1-3-14(18)4-2-10/h1-4,7-9,16,18H,5-6H2. The Hall–Kier alpha value is -2.63. The summed E-state index contributed by atoms with van der Waals surface area (Å²) in [6, 6.07) is 10.1. The van der Waals surface area contributed by atoms with Gasteiger partial charge in [-0.15, -0.1) is 0 Å². The molecule has 104 valence electrons. The Morgan fingerprint density at radius 2 is 1.90 bits per heavy atom. The summed E-state index contributed by atoms with van der Waals surface area (Å²) >= 11 is 0. The normalized spacial score (nSPS) is 10.2. The summed E-state index contributed by atoms with van der Waals surface area (Å²) in [6.07, 6.45) is 0.657. The minimum absolute atomic E-state index is 0.197. The van der Waals surface area contributed by atoms with E-state index in [1.54, 1.807) is 24.3 Å². The lowest BCUT2D eigenvalue weighted by atomic mass is 10.1. The van der Waals surface area contributed by atoms with Gasteiger partial charge in [0.2, 0.25) is 0 Å². The zero-order chi connectivity index (χ0) is 14.5. The van der Waals surface area contributed by atoms with Gasteiger partial charge in [0.05, 0.1) is 11.0 Å². The van der Waals surface area contributed by atoms with Crippen molar-refractivity contribution in [3.05, 3.63) is 64.0 Å². The van der Waals surface area contributed by atoms with Crippen molar-refractivity contribution in [3.8, 4) is 5.75 Å². The number of halogens is 1. The van der Waals surface area contributed by atoms with Gasteiger partial charge >= 0.3 is 0 Å². The van der Waals surface area contributed by atoms with Crippen LogP contribution in [0.4, 0.5) is 15.8 Å². The molecule has 0 spiro atoms. The summed E-state index contributed by atoms with van der Waals surface area (Å²) in [7, 11) is 0. The molecule has 20 heavy (non-hydrogen) atoms. The lowest BCUT2D eigenvalue weighted by molar-refractivity contribution is -0.385. The molecular weight excluding hydrogens is 263 g/mol. The second-order valence-electron chi connectivity index (χ2n) is 4.30. The second-order valence-corrected chi connectivity index (χ2v) is 4.30. The fourth-order valence-corrected chi connectivity index (χ4v) is 1.80. The number of aromatic hydroxyl groups is 1. The van der Waals surface area contributed by atoms with Crippen molar-refractivity contribution in [3.63, 3.8) is 0 Å². The molecule has 2 aromatic rings. The van der Waals surface area contributed by atoms with Gasteiger partial charge in [-0.05, 0) is 30.2 Å². The molecule has 0 aliphatic heterocycles. The minimum Gasteiger partial charge on any atom is -0.508 e. The van der Waals surface area contributed by atoms with E-state index in [1.807, 2.05) is 0 Å². The molecule has 0 aliphatic carbocycles. The number of rotatable bonds is 5. The van der Waals surface area contributed by atoms with Crippen molar-refractivity contribution < 1.29 is 14.4 Å². The Balaban J connectivity index is 1.97. The number of non-ortho nitro benzene ring substituents is 1. The number of hydrogen-bond donors (Lipinski definition) is 2. The van der Waals surface area contributed by atoms with Crippen LogP contribution in [0.25, 0.3) is 0 Å². The number of anilines is 1. The summed E-state index contributed by atoms with van der Waals surface area (Å²) in [4.78, 5) is 9.99. The highest BCUT2D eigenvalue weighted by atomic mass is 19.1. The molecule has 0 heterocycles. The number of benzene rings is 2. The predicted octanol–water partition coefficient (Wildman–Crippen LogP) is 3.09. The van der Waals surface area contributed by atoms with Crippen LogP contribution in [0.15, 0.2) is 42.5 Å². The highest BCUT2D eigenvalue weighted by Crippen LogP contribution is 2.20. The first-order chi connectivity index (χ1) is 9.54. The van der Waals surface area contributed by atoms with Crippen LogP contribution < -0.4 is 5.32 Å². The van der Waals surface area contributed by atoms with E-state index < -0.39 is 10.7 Å². The maximum Gasteiger partial charge on any atom is 0.274 e. The van der Waals surface area contributed by atoms with Crippen molar-refractivity contribution >= 4 is 11.4 Å². The molecule has 0 atom stereocenters. The molecule has 0 radical (unpaired) electrons. The molecule has 0 saturated heterocycles. The summed E-state index contributed by atoms with van der Waals surface area (Å²) in [5.74, 6) is -0.450.